The largest absolute Gasteiger partial charge is 0.369 e. The number of anilines is 1. The number of hydrazine groups is 1. The lowest BCUT2D eigenvalue weighted by Crippen LogP contribution is -2.48. The van der Waals surface area contributed by atoms with Gasteiger partial charge in [-0.25, -0.2) is 0 Å². The lowest BCUT2D eigenvalue weighted by Gasteiger charge is -2.36. The summed E-state index contributed by atoms with van der Waals surface area (Å²) in [6.45, 7) is 8.62. The van der Waals surface area contributed by atoms with Gasteiger partial charge in [0, 0.05) is 50.5 Å². The number of carbonyl (C=O) groups is 2. The zero-order valence-corrected chi connectivity index (χ0v) is 19.8. The van der Waals surface area contributed by atoms with Crippen molar-refractivity contribution in [2.45, 2.75) is 26.8 Å². The van der Waals surface area contributed by atoms with Crippen molar-refractivity contribution in [1.29, 1.82) is 0 Å². The number of nitrogens with zero attached hydrogens (tertiary/aromatic N) is 4. The Morgan fingerprint density at radius 1 is 0.882 bits per heavy atom. The van der Waals surface area contributed by atoms with Crippen molar-refractivity contribution in [2.24, 2.45) is 0 Å². The molecule has 0 atom stereocenters. The number of piperazine rings is 1. The van der Waals surface area contributed by atoms with Gasteiger partial charge in [-0.1, -0.05) is 48.5 Å². The Balaban J connectivity index is 1.22. The molecule has 34 heavy (non-hydrogen) atoms. The summed E-state index contributed by atoms with van der Waals surface area (Å²) in [4.78, 5) is 29.7. The van der Waals surface area contributed by atoms with Crippen LogP contribution in [0.2, 0.25) is 0 Å². The summed E-state index contributed by atoms with van der Waals surface area (Å²) >= 11 is 0. The molecule has 0 radical (unpaired) electrons. The molecule has 2 amide bonds. The lowest BCUT2D eigenvalue weighted by molar-refractivity contribution is -0.122. The molecule has 8 nitrogen and oxygen atoms in total. The van der Waals surface area contributed by atoms with Crippen molar-refractivity contribution in [3.8, 4) is 0 Å². The smallest absolute Gasteiger partial charge is 0.273 e. The summed E-state index contributed by atoms with van der Waals surface area (Å²) in [7, 11) is 0. The third kappa shape index (κ3) is 5.82. The summed E-state index contributed by atoms with van der Waals surface area (Å²) < 4.78 is 1.82. The summed E-state index contributed by atoms with van der Waals surface area (Å²) in [5, 5.41) is 4.51. The summed E-state index contributed by atoms with van der Waals surface area (Å²) in [6.07, 6.45) is 0.330. The van der Waals surface area contributed by atoms with E-state index in [1.54, 1.807) is 6.92 Å². The van der Waals surface area contributed by atoms with Crippen LogP contribution in [-0.2, 0) is 11.3 Å². The molecule has 0 bridgehead atoms. The molecule has 1 fully saturated rings. The number of nitrogens with one attached hydrogen (secondary N) is 2. The molecule has 0 spiro atoms. The molecule has 178 valence electrons. The maximum atomic E-state index is 12.7. The standard InChI is InChI=1S/C26H32N6O2/c1-20-25(21(2)32(29-20)19-22-9-5-3-6-10-22)26(34)28-27-24(33)13-14-30-15-17-31(18-16-30)23-11-7-4-8-12-23/h3-12H,13-19H2,1-2H3,(H,27,33)(H,28,34). The van der Waals surface area contributed by atoms with Gasteiger partial charge in [0.15, 0.2) is 0 Å². The summed E-state index contributed by atoms with van der Waals surface area (Å²) in [6, 6.07) is 20.4. The molecule has 2 aromatic carbocycles. The van der Waals surface area contributed by atoms with Gasteiger partial charge in [-0.15, -0.1) is 0 Å². The normalized spacial score (nSPS) is 14.1. The lowest BCUT2D eigenvalue weighted by atomic mass is 10.2. The molecule has 1 aliphatic heterocycles. The second-order valence-corrected chi connectivity index (χ2v) is 8.61. The minimum atomic E-state index is -0.348. The van der Waals surface area contributed by atoms with Crippen LogP contribution in [0.3, 0.4) is 0 Å². The number of rotatable bonds is 7. The number of aryl methyl sites for hydroxylation is 1. The predicted octanol–water partition coefficient (Wildman–Crippen LogP) is 2.52. The first kappa shape index (κ1) is 23.5. The highest BCUT2D eigenvalue weighted by atomic mass is 16.2. The molecule has 3 aromatic rings. The SMILES string of the molecule is Cc1nn(Cc2ccccc2)c(C)c1C(=O)NNC(=O)CCN1CCN(c2ccccc2)CC1. The van der Waals surface area contributed by atoms with Crippen molar-refractivity contribution in [3.63, 3.8) is 0 Å². The number of hydrogen-bond acceptors (Lipinski definition) is 5. The average Bonchev–Trinajstić information content (AvgIpc) is 3.15. The first-order chi connectivity index (χ1) is 16.5. The fraction of sp³-hybridized carbons (Fsp3) is 0.346. The fourth-order valence-electron chi connectivity index (χ4n) is 4.32. The Hall–Kier alpha value is -3.65. The molecule has 1 saturated heterocycles. The number of hydrogen-bond donors (Lipinski definition) is 2. The molecule has 4 rings (SSSR count). The highest BCUT2D eigenvalue weighted by Crippen LogP contribution is 2.16. The van der Waals surface area contributed by atoms with Gasteiger partial charge >= 0.3 is 0 Å². The molecule has 2 N–H and O–H groups in total. The van der Waals surface area contributed by atoms with Crippen molar-refractivity contribution in [3.05, 3.63) is 83.2 Å². The van der Waals surface area contributed by atoms with Gasteiger partial charge in [0.25, 0.3) is 5.91 Å². The predicted molar refractivity (Wildman–Crippen MR) is 133 cm³/mol. The van der Waals surface area contributed by atoms with Gasteiger partial charge in [0.2, 0.25) is 5.91 Å². The van der Waals surface area contributed by atoms with Crippen LogP contribution in [0, 0.1) is 13.8 Å². The van der Waals surface area contributed by atoms with Crippen LogP contribution in [0.5, 0.6) is 0 Å². The van der Waals surface area contributed by atoms with Gasteiger partial charge in [0.05, 0.1) is 17.8 Å². The van der Waals surface area contributed by atoms with Gasteiger partial charge < -0.3 is 4.90 Å². The van der Waals surface area contributed by atoms with E-state index in [1.165, 1.54) is 5.69 Å². The van der Waals surface area contributed by atoms with E-state index < -0.39 is 0 Å². The number of amides is 2. The minimum absolute atomic E-state index is 0.203. The van der Waals surface area contributed by atoms with E-state index in [-0.39, 0.29) is 11.8 Å². The van der Waals surface area contributed by atoms with E-state index in [0.29, 0.717) is 30.8 Å². The van der Waals surface area contributed by atoms with Crippen LogP contribution in [0.15, 0.2) is 60.7 Å². The van der Waals surface area contributed by atoms with Crippen LogP contribution in [0.4, 0.5) is 5.69 Å². The molecule has 0 saturated carbocycles. The molecule has 1 aromatic heterocycles. The number of carbonyl (C=O) groups excluding carboxylic acids is 2. The molecular weight excluding hydrogens is 428 g/mol. The average molecular weight is 461 g/mol. The Bertz CT molecular complexity index is 1110. The maximum absolute atomic E-state index is 12.7. The van der Waals surface area contributed by atoms with E-state index in [2.05, 4.69) is 50.0 Å². The third-order valence-corrected chi connectivity index (χ3v) is 6.25. The van der Waals surface area contributed by atoms with E-state index in [9.17, 15) is 9.59 Å². The van der Waals surface area contributed by atoms with E-state index in [1.807, 2.05) is 48.0 Å². The second-order valence-electron chi connectivity index (χ2n) is 8.61. The van der Waals surface area contributed by atoms with Crippen molar-refractivity contribution >= 4 is 17.5 Å². The first-order valence-electron chi connectivity index (χ1n) is 11.7. The number of para-hydroxylation sites is 1. The van der Waals surface area contributed by atoms with Gasteiger partial charge in [0.1, 0.15) is 0 Å². The van der Waals surface area contributed by atoms with Gasteiger partial charge in [-0.3, -0.25) is 30.0 Å². The molecule has 0 aliphatic carbocycles. The van der Waals surface area contributed by atoms with E-state index in [0.717, 1.165) is 37.4 Å². The maximum Gasteiger partial charge on any atom is 0.273 e. The van der Waals surface area contributed by atoms with Crippen LogP contribution in [0.1, 0.15) is 33.7 Å². The Morgan fingerprint density at radius 2 is 1.53 bits per heavy atom. The zero-order valence-electron chi connectivity index (χ0n) is 19.8. The first-order valence-corrected chi connectivity index (χ1v) is 11.7. The minimum Gasteiger partial charge on any atom is -0.369 e. The summed E-state index contributed by atoms with van der Waals surface area (Å²) in [5.74, 6) is -0.551. The third-order valence-electron chi connectivity index (χ3n) is 6.25. The van der Waals surface area contributed by atoms with Crippen LogP contribution >= 0.6 is 0 Å². The highest BCUT2D eigenvalue weighted by molar-refractivity contribution is 5.97. The quantitative estimate of drug-likeness (QED) is 0.530. The Kier molecular flexibility index (Phi) is 7.59. The molecule has 1 aliphatic rings. The number of benzene rings is 2. The fourth-order valence-corrected chi connectivity index (χ4v) is 4.32. The number of aromatic nitrogens is 2. The topological polar surface area (TPSA) is 82.5 Å². The van der Waals surface area contributed by atoms with E-state index >= 15 is 0 Å². The highest BCUT2D eigenvalue weighted by Gasteiger charge is 2.20. The zero-order chi connectivity index (χ0) is 23.9. The Labute approximate surface area is 200 Å². The Morgan fingerprint density at radius 3 is 2.21 bits per heavy atom. The summed E-state index contributed by atoms with van der Waals surface area (Å²) in [5.41, 5.74) is 9.35. The van der Waals surface area contributed by atoms with Gasteiger partial charge in [-0.05, 0) is 31.5 Å². The van der Waals surface area contributed by atoms with Crippen molar-refractivity contribution in [1.82, 2.24) is 25.5 Å². The van der Waals surface area contributed by atoms with Crippen LogP contribution < -0.4 is 15.8 Å². The van der Waals surface area contributed by atoms with Crippen LogP contribution in [-0.4, -0.2) is 59.2 Å². The van der Waals surface area contributed by atoms with Gasteiger partial charge in [-0.2, -0.15) is 5.10 Å². The molecule has 2 heterocycles. The molecule has 0 unspecified atom stereocenters. The van der Waals surface area contributed by atoms with E-state index in [4.69, 9.17) is 0 Å². The van der Waals surface area contributed by atoms with Crippen molar-refractivity contribution < 1.29 is 9.59 Å². The second kappa shape index (κ2) is 11.0. The monoisotopic (exact) mass is 460 g/mol. The molecule has 8 heteroatoms. The van der Waals surface area contributed by atoms with Crippen LogP contribution in [0.25, 0.3) is 0 Å². The van der Waals surface area contributed by atoms with Crippen molar-refractivity contribution in [2.75, 3.05) is 37.6 Å². The molecular formula is C26H32N6O2.